The highest BCUT2D eigenvalue weighted by Crippen LogP contribution is 2.24. The SMILES string of the molecule is O=C(c1cn(-c2cc(N3CCSCC3)ncn2)cn1)N1CCN(C2CCCCC2)CC1. The topological polar surface area (TPSA) is 70.4 Å². The number of carbonyl (C=O) groups excluding carboxylic acids is 1. The third kappa shape index (κ3) is 4.72. The largest absolute Gasteiger partial charge is 0.355 e. The van der Waals surface area contributed by atoms with Crippen molar-refractivity contribution in [2.75, 3.05) is 55.7 Å². The van der Waals surface area contributed by atoms with Gasteiger partial charge in [-0.15, -0.1) is 0 Å². The summed E-state index contributed by atoms with van der Waals surface area (Å²) >= 11 is 1.98. The minimum Gasteiger partial charge on any atom is -0.355 e. The summed E-state index contributed by atoms with van der Waals surface area (Å²) in [5.74, 6) is 3.95. The maximum atomic E-state index is 13.0. The van der Waals surface area contributed by atoms with Crippen molar-refractivity contribution in [1.82, 2.24) is 29.3 Å². The van der Waals surface area contributed by atoms with E-state index in [2.05, 4.69) is 24.8 Å². The standard InChI is InChI=1S/C22H31N7OS/c30-22(28-8-6-26(7-9-28)18-4-2-1-3-5-18)19-15-29(17-25-19)21-14-20(23-16-24-21)27-10-12-31-13-11-27/h14-18H,1-13H2. The summed E-state index contributed by atoms with van der Waals surface area (Å²) in [5, 5.41) is 0. The van der Waals surface area contributed by atoms with Gasteiger partial charge in [-0.25, -0.2) is 15.0 Å². The molecule has 0 bridgehead atoms. The number of hydrogen-bond donors (Lipinski definition) is 0. The lowest BCUT2D eigenvalue weighted by atomic mass is 9.94. The van der Waals surface area contributed by atoms with E-state index in [9.17, 15) is 4.79 Å². The van der Waals surface area contributed by atoms with E-state index < -0.39 is 0 Å². The maximum absolute atomic E-state index is 13.0. The van der Waals surface area contributed by atoms with Crippen LogP contribution in [0.25, 0.3) is 5.82 Å². The molecule has 3 fully saturated rings. The Morgan fingerprint density at radius 1 is 0.903 bits per heavy atom. The predicted molar refractivity (Wildman–Crippen MR) is 123 cm³/mol. The molecule has 4 heterocycles. The average molecular weight is 442 g/mol. The van der Waals surface area contributed by atoms with Crippen LogP contribution in [0, 0.1) is 0 Å². The van der Waals surface area contributed by atoms with E-state index in [0.717, 1.165) is 68.5 Å². The number of anilines is 1. The zero-order valence-corrected chi connectivity index (χ0v) is 18.8. The number of nitrogens with zero attached hydrogens (tertiary/aromatic N) is 7. The molecule has 2 aromatic rings. The Hall–Kier alpha value is -2.13. The fourth-order valence-corrected chi connectivity index (χ4v) is 5.80. The summed E-state index contributed by atoms with van der Waals surface area (Å²) in [6, 6.07) is 2.70. The van der Waals surface area contributed by atoms with Crippen LogP contribution in [0.2, 0.25) is 0 Å². The Morgan fingerprint density at radius 3 is 2.42 bits per heavy atom. The normalized spacial score (nSPS) is 21.4. The Balaban J connectivity index is 1.22. The average Bonchev–Trinajstić information content (AvgIpc) is 3.35. The van der Waals surface area contributed by atoms with Crippen molar-refractivity contribution < 1.29 is 4.79 Å². The quantitative estimate of drug-likeness (QED) is 0.721. The van der Waals surface area contributed by atoms with Gasteiger partial charge in [0.2, 0.25) is 0 Å². The van der Waals surface area contributed by atoms with Crippen LogP contribution in [0.5, 0.6) is 0 Å². The molecule has 0 unspecified atom stereocenters. The summed E-state index contributed by atoms with van der Waals surface area (Å²) in [7, 11) is 0. The Bertz CT molecular complexity index is 883. The van der Waals surface area contributed by atoms with Crippen LogP contribution in [-0.4, -0.2) is 92.0 Å². The number of aromatic nitrogens is 4. The summed E-state index contributed by atoms with van der Waals surface area (Å²) in [6.07, 6.45) is 11.8. The second-order valence-electron chi connectivity index (χ2n) is 8.62. The van der Waals surface area contributed by atoms with Crippen molar-refractivity contribution in [3.05, 3.63) is 30.6 Å². The van der Waals surface area contributed by atoms with Crippen molar-refractivity contribution in [3.63, 3.8) is 0 Å². The third-order valence-corrected chi connectivity index (χ3v) is 7.67. The molecule has 2 aliphatic heterocycles. The first-order chi connectivity index (χ1) is 15.3. The number of thioether (sulfide) groups is 1. The van der Waals surface area contributed by atoms with E-state index in [-0.39, 0.29) is 5.91 Å². The number of piperazine rings is 1. The molecule has 1 aliphatic carbocycles. The molecule has 9 heteroatoms. The van der Waals surface area contributed by atoms with Crippen LogP contribution in [0.15, 0.2) is 24.9 Å². The number of rotatable bonds is 4. The molecule has 0 spiro atoms. The molecule has 1 amide bonds. The summed E-state index contributed by atoms with van der Waals surface area (Å²) in [5.41, 5.74) is 0.487. The van der Waals surface area contributed by atoms with Crippen LogP contribution in [0.1, 0.15) is 42.6 Å². The number of carbonyl (C=O) groups is 1. The molecule has 3 aliphatic rings. The molecule has 5 rings (SSSR count). The minimum absolute atomic E-state index is 0.0179. The van der Waals surface area contributed by atoms with E-state index in [0.29, 0.717) is 5.69 Å². The van der Waals surface area contributed by atoms with Gasteiger partial charge in [0, 0.05) is 69.1 Å². The van der Waals surface area contributed by atoms with E-state index in [1.807, 2.05) is 27.3 Å². The van der Waals surface area contributed by atoms with Crippen molar-refractivity contribution in [2.24, 2.45) is 0 Å². The molecule has 2 aromatic heterocycles. The van der Waals surface area contributed by atoms with E-state index in [4.69, 9.17) is 0 Å². The van der Waals surface area contributed by atoms with Gasteiger partial charge in [0.25, 0.3) is 5.91 Å². The third-order valence-electron chi connectivity index (χ3n) is 6.73. The van der Waals surface area contributed by atoms with Crippen LogP contribution in [0.3, 0.4) is 0 Å². The van der Waals surface area contributed by atoms with Gasteiger partial charge in [-0.3, -0.25) is 14.3 Å². The molecule has 8 nitrogen and oxygen atoms in total. The van der Waals surface area contributed by atoms with Crippen molar-refractivity contribution in [3.8, 4) is 5.82 Å². The highest BCUT2D eigenvalue weighted by Gasteiger charge is 2.28. The van der Waals surface area contributed by atoms with Crippen molar-refractivity contribution in [2.45, 2.75) is 38.1 Å². The Kier molecular flexibility index (Phi) is 6.40. The van der Waals surface area contributed by atoms with Gasteiger partial charge in [-0.05, 0) is 12.8 Å². The highest BCUT2D eigenvalue weighted by molar-refractivity contribution is 7.99. The highest BCUT2D eigenvalue weighted by atomic mass is 32.2. The van der Waals surface area contributed by atoms with E-state index in [1.54, 1.807) is 18.9 Å². The van der Waals surface area contributed by atoms with Gasteiger partial charge in [0.15, 0.2) is 0 Å². The predicted octanol–water partition coefficient (Wildman–Crippen LogP) is 2.31. The minimum atomic E-state index is 0.0179. The fourth-order valence-electron chi connectivity index (χ4n) is 4.90. The second-order valence-corrected chi connectivity index (χ2v) is 9.84. The van der Waals surface area contributed by atoms with Gasteiger partial charge in [-0.1, -0.05) is 19.3 Å². The summed E-state index contributed by atoms with van der Waals surface area (Å²) < 4.78 is 1.83. The maximum Gasteiger partial charge on any atom is 0.274 e. The molecule has 0 radical (unpaired) electrons. The molecular formula is C22H31N7OS. The lowest BCUT2D eigenvalue weighted by Gasteiger charge is -2.40. The van der Waals surface area contributed by atoms with Gasteiger partial charge >= 0.3 is 0 Å². The fraction of sp³-hybridized carbons (Fsp3) is 0.636. The molecule has 31 heavy (non-hydrogen) atoms. The summed E-state index contributed by atoms with van der Waals surface area (Å²) in [6.45, 7) is 5.52. The number of amides is 1. The van der Waals surface area contributed by atoms with Gasteiger partial charge in [0.1, 0.15) is 30.0 Å². The van der Waals surface area contributed by atoms with Gasteiger partial charge in [-0.2, -0.15) is 11.8 Å². The molecule has 0 N–H and O–H groups in total. The van der Waals surface area contributed by atoms with E-state index >= 15 is 0 Å². The van der Waals surface area contributed by atoms with Crippen LogP contribution < -0.4 is 4.90 Å². The van der Waals surface area contributed by atoms with E-state index in [1.165, 1.54) is 32.1 Å². The van der Waals surface area contributed by atoms with Crippen molar-refractivity contribution >= 4 is 23.5 Å². The van der Waals surface area contributed by atoms with Crippen LogP contribution in [0.4, 0.5) is 5.82 Å². The smallest absolute Gasteiger partial charge is 0.274 e. The first kappa shape index (κ1) is 20.8. The Morgan fingerprint density at radius 2 is 1.65 bits per heavy atom. The molecule has 166 valence electrons. The first-order valence-corrected chi connectivity index (χ1v) is 12.7. The monoisotopic (exact) mass is 441 g/mol. The molecular weight excluding hydrogens is 410 g/mol. The number of imidazole rings is 1. The van der Waals surface area contributed by atoms with Crippen LogP contribution >= 0.6 is 11.8 Å². The van der Waals surface area contributed by atoms with Crippen molar-refractivity contribution in [1.29, 1.82) is 0 Å². The lowest BCUT2D eigenvalue weighted by Crippen LogP contribution is -2.52. The van der Waals surface area contributed by atoms with Gasteiger partial charge in [0.05, 0.1) is 0 Å². The molecule has 0 aromatic carbocycles. The number of hydrogen-bond acceptors (Lipinski definition) is 7. The molecule has 2 saturated heterocycles. The zero-order chi connectivity index (χ0) is 21.0. The molecule has 0 atom stereocenters. The molecule has 1 saturated carbocycles. The Labute approximate surface area is 188 Å². The summed E-state index contributed by atoms with van der Waals surface area (Å²) in [4.78, 5) is 33.1. The lowest BCUT2D eigenvalue weighted by molar-refractivity contribution is 0.0519. The zero-order valence-electron chi connectivity index (χ0n) is 18.0. The second kappa shape index (κ2) is 9.56. The van der Waals surface area contributed by atoms with Crippen LogP contribution in [-0.2, 0) is 0 Å². The van der Waals surface area contributed by atoms with Gasteiger partial charge < -0.3 is 9.80 Å². The first-order valence-electron chi connectivity index (χ1n) is 11.5.